The Morgan fingerprint density at radius 2 is 1.43 bits per heavy atom. The molecule has 0 aliphatic carbocycles. The molecule has 35 heavy (non-hydrogen) atoms. The minimum Gasteiger partial charge on any atom is -0.494 e. The first-order valence-corrected chi connectivity index (χ1v) is 10.4. The van der Waals surface area contributed by atoms with Gasteiger partial charge in [-0.2, -0.15) is 13.2 Å². The highest BCUT2D eigenvalue weighted by molar-refractivity contribution is 5.91. The van der Waals surface area contributed by atoms with Crippen LogP contribution in [-0.2, 0) is 19.1 Å². The van der Waals surface area contributed by atoms with Crippen LogP contribution in [0, 0.1) is 0 Å². The first kappa shape index (κ1) is 27.2. The second-order valence-electron chi connectivity index (χ2n) is 6.92. The number of esters is 3. The predicted octanol–water partition coefficient (Wildman–Crippen LogP) is 4.91. The van der Waals surface area contributed by atoms with Crippen molar-refractivity contribution in [3.05, 3.63) is 78.4 Å². The summed E-state index contributed by atoms with van der Waals surface area (Å²) in [4.78, 5) is 34.8. The van der Waals surface area contributed by atoms with Gasteiger partial charge in [-0.25, -0.2) is 14.4 Å². The maximum atomic E-state index is 12.3. The van der Waals surface area contributed by atoms with Crippen LogP contribution in [-0.4, -0.2) is 43.9 Å². The molecule has 0 amide bonds. The lowest BCUT2D eigenvalue weighted by molar-refractivity contribution is -0.145. The average molecular weight is 492 g/mol. The number of hydrogen-bond acceptors (Lipinski definition) is 7. The van der Waals surface area contributed by atoms with E-state index in [1.807, 2.05) is 0 Å². The molecule has 0 atom stereocenters. The summed E-state index contributed by atoms with van der Waals surface area (Å²) in [6, 6.07) is 12.2. The van der Waals surface area contributed by atoms with Gasteiger partial charge >= 0.3 is 24.1 Å². The van der Waals surface area contributed by atoms with Gasteiger partial charge in [0.05, 0.1) is 12.2 Å². The van der Waals surface area contributed by atoms with E-state index in [2.05, 4.69) is 11.3 Å². The molecule has 0 heterocycles. The van der Waals surface area contributed by atoms with E-state index in [4.69, 9.17) is 14.2 Å². The highest BCUT2D eigenvalue weighted by Gasteiger charge is 2.26. The number of hydrogen-bond donors (Lipinski definition) is 0. The lowest BCUT2D eigenvalue weighted by Gasteiger charge is -2.09. The van der Waals surface area contributed by atoms with E-state index in [0.29, 0.717) is 11.3 Å². The molecule has 0 aromatic heterocycles. The molecule has 0 aliphatic rings. The van der Waals surface area contributed by atoms with Crippen molar-refractivity contribution in [2.24, 2.45) is 0 Å². The second kappa shape index (κ2) is 13.6. The highest BCUT2D eigenvalue weighted by Crippen LogP contribution is 2.22. The fourth-order valence-electron chi connectivity index (χ4n) is 2.52. The van der Waals surface area contributed by atoms with Gasteiger partial charge in [0.25, 0.3) is 0 Å². The minimum absolute atomic E-state index is 0.0811. The summed E-state index contributed by atoms with van der Waals surface area (Å²) >= 11 is 0. The molecule has 0 radical (unpaired) electrons. The normalized spacial score (nSPS) is 11.1. The number of ether oxygens (including phenoxy) is 4. The second-order valence-corrected chi connectivity index (χ2v) is 6.92. The molecular weight excluding hydrogens is 469 g/mol. The number of benzene rings is 2. The van der Waals surface area contributed by atoms with Crippen molar-refractivity contribution in [3.63, 3.8) is 0 Å². The summed E-state index contributed by atoms with van der Waals surface area (Å²) in [5.41, 5.74) is 0.880. The van der Waals surface area contributed by atoms with Gasteiger partial charge in [-0.05, 0) is 54.5 Å². The average Bonchev–Trinajstić information content (AvgIpc) is 2.83. The van der Waals surface area contributed by atoms with Crippen molar-refractivity contribution in [1.82, 2.24) is 0 Å². The third kappa shape index (κ3) is 11.1. The van der Waals surface area contributed by atoms with Crippen LogP contribution in [0.5, 0.6) is 11.5 Å². The Labute approximate surface area is 199 Å². The molecule has 0 aliphatic heterocycles. The Bertz CT molecular complexity index is 1030. The molecule has 2 rings (SSSR count). The van der Waals surface area contributed by atoms with Gasteiger partial charge in [0.1, 0.15) is 24.7 Å². The number of carbonyl (C=O) groups excluding carboxylic acids is 3. The lowest BCUT2D eigenvalue weighted by Crippen LogP contribution is -2.11. The van der Waals surface area contributed by atoms with Gasteiger partial charge in [0.15, 0.2) is 0 Å². The van der Waals surface area contributed by atoms with Crippen LogP contribution >= 0.6 is 0 Å². The van der Waals surface area contributed by atoms with Crippen LogP contribution in [0.4, 0.5) is 13.2 Å². The predicted molar refractivity (Wildman–Crippen MR) is 120 cm³/mol. The maximum Gasteiger partial charge on any atom is 0.389 e. The fourth-order valence-corrected chi connectivity index (χ4v) is 2.52. The topological polar surface area (TPSA) is 88.1 Å². The highest BCUT2D eigenvalue weighted by atomic mass is 19.4. The molecule has 0 N–H and O–H groups in total. The summed E-state index contributed by atoms with van der Waals surface area (Å²) < 4.78 is 56.5. The number of carbonyl (C=O) groups is 3. The third-order valence-electron chi connectivity index (χ3n) is 4.20. The molecule has 10 heteroatoms. The van der Waals surface area contributed by atoms with Gasteiger partial charge in [-0.3, -0.25) is 0 Å². The van der Waals surface area contributed by atoms with E-state index in [1.54, 1.807) is 12.1 Å². The Morgan fingerprint density at radius 1 is 0.829 bits per heavy atom. The van der Waals surface area contributed by atoms with Crippen LogP contribution in [0.15, 0.2) is 67.3 Å². The van der Waals surface area contributed by atoms with E-state index in [9.17, 15) is 27.6 Å². The Morgan fingerprint density at radius 3 is 2.03 bits per heavy atom. The zero-order valence-electron chi connectivity index (χ0n) is 18.6. The number of halogens is 3. The monoisotopic (exact) mass is 492 g/mol. The van der Waals surface area contributed by atoms with E-state index < -0.39 is 30.5 Å². The Balaban J connectivity index is 1.77. The molecule has 0 unspecified atom stereocenters. The fraction of sp³-hybridized carbons (Fsp3) is 0.240. The largest absolute Gasteiger partial charge is 0.494 e. The van der Waals surface area contributed by atoms with E-state index in [1.165, 1.54) is 48.6 Å². The van der Waals surface area contributed by atoms with Crippen LogP contribution in [0.1, 0.15) is 28.8 Å². The lowest BCUT2D eigenvalue weighted by atomic mass is 10.2. The van der Waals surface area contributed by atoms with Crippen molar-refractivity contribution >= 4 is 24.0 Å². The first-order chi connectivity index (χ1) is 16.7. The van der Waals surface area contributed by atoms with E-state index in [-0.39, 0.29) is 37.6 Å². The Kier molecular flexibility index (Phi) is 10.5. The Hall–Kier alpha value is -4.08. The van der Waals surface area contributed by atoms with E-state index >= 15 is 0 Å². The quantitative estimate of drug-likeness (QED) is 0.180. The smallest absolute Gasteiger partial charge is 0.389 e. The molecule has 0 fully saturated rings. The van der Waals surface area contributed by atoms with Crippen molar-refractivity contribution in [2.75, 3.05) is 19.8 Å². The molecule has 0 saturated heterocycles. The van der Waals surface area contributed by atoms with Crippen molar-refractivity contribution < 1.29 is 46.5 Å². The van der Waals surface area contributed by atoms with Crippen molar-refractivity contribution in [2.45, 2.75) is 19.0 Å². The van der Waals surface area contributed by atoms with Gasteiger partial charge in [-0.1, -0.05) is 18.7 Å². The van der Waals surface area contributed by atoms with Crippen LogP contribution < -0.4 is 9.47 Å². The summed E-state index contributed by atoms with van der Waals surface area (Å²) in [5.74, 6) is -1.25. The molecule has 7 nitrogen and oxygen atoms in total. The van der Waals surface area contributed by atoms with Crippen LogP contribution in [0.25, 0.3) is 6.08 Å². The molecule has 2 aromatic carbocycles. The summed E-state index contributed by atoms with van der Waals surface area (Å²) in [6.45, 7) is 2.98. The molecule has 0 saturated carbocycles. The van der Waals surface area contributed by atoms with Gasteiger partial charge < -0.3 is 18.9 Å². The number of alkyl halides is 3. The standard InChI is InChI=1S/C25H23F3O7/c1-2-22(29)33-16-17-34-23(30)13-6-18-4-9-21(10-5-18)35-24(31)19-7-11-20(12-8-19)32-15-3-14-25(26,27)28/h2,4-13H,1,3,14-17H2/b13-6+. The van der Waals surface area contributed by atoms with Gasteiger partial charge in [0.2, 0.25) is 0 Å². The van der Waals surface area contributed by atoms with Crippen LogP contribution in [0.2, 0.25) is 0 Å². The summed E-state index contributed by atoms with van der Waals surface area (Å²) in [6.07, 6.45) is -1.61. The van der Waals surface area contributed by atoms with Gasteiger partial charge in [-0.15, -0.1) is 0 Å². The first-order valence-electron chi connectivity index (χ1n) is 10.4. The minimum atomic E-state index is -4.22. The molecule has 2 aromatic rings. The maximum absolute atomic E-state index is 12.3. The van der Waals surface area contributed by atoms with E-state index in [0.717, 1.165) is 6.08 Å². The molecule has 0 spiro atoms. The van der Waals surface area contributed by atoms with Crippen molar-refractivity contribution in [1.29, 1.82) is 0 Å². The summed E-state index contributed by atoms with van der Waals surface area (Å²) in [7, 11) is 0. The third-order valence-corrected chi connectivity index (χ3v) is 4.20. The van der Waals surface area contributed by atoms with Gasteiger partial charge in [0, 0.05) is 18.6 Å². The van der Waals surface area contributed by atoms with Crippen molar-refractivity contribution in [3.8, 4) is 11.5 Å². The number of rotatable bonds is 12. The zero-order valence-corrected chi connectivity index (χ0v) is 18.6. The summed E-state index contributed by atoms with van der Waals surface area (Å²) in [5, 5.41) is 0. The molecule has 0 bridgehead atoms. The molecule has 186 valence electrons. The SMILES string of the molecule is C=CC(=O)OCCOC(=O)/C=C/c1ccc(OC(=O)c2ccc(OCCCC(F)(F)F)cc2)cc1. The zero-order chi connectivity index (χ0) is 25.7. The van der Waals surface area contributed by atoms with Crippen LogP contribution in [0.3, 0.4) is 0 Å². The molecular formula is C25H23F3O7.